The van der Waals surface area contributed by atoms with Gasteiger partial charge in [-0.3, -0.25) is 19.2 Å². The van der Waals surface area contributed by atoms with Gasteiger partial charge in [-0.05, 0) is 214 Å². The monoisotopic (exact) mass is 1190 g/mol. The number of benzene rings is 12. The Morgan fingerprint density at radius 1 is 0.209 bits per heavy atom. The quantitative estimate of drug-likeness (QED) is 0.0775. The van der Waals surface area contributed by atoms with Crippen molar-refractivity contribution in [3.8, 4) is 85.1 Å². The second-order valence-corrected chi connectivity index (χ2v) is 21.7. The molecule has 0 heterocycles. The molecule has 0 aliphatic carbocycles. The predicted octanol–water partition coefficient (Wildman–Crippen LogP) is 21.0. The van der Waals surface area contributed by atoms with E-state index in [0.717, 1.165) is 67.9 Å². The zero-order valence-electron chi connectivity index (χ0n) is 51.4. The van der Waals surface area contributed by atoms with E-state index in [2.05, 4.69) is 38.1 Å². The molecule has 0 atom stereocenters. The van der Waals surface area contributed by atoms with Gasteiger partial charge in [-0.1, -0.05) is 162 Å². The molecule has 0 fully saturated rings. The molecule has 9 heteroatoms. The average Bonchev–Trinajstić information content (AvgIpc) is 3.14. The molecule has 0 aliphatic heterocycles. The van der Waals surface area contributed by atoms with Gasteiger partial charge >= 0.3 is 0 Å². The normalized spacial score (nSPS) is 10.5. The molecular formula is C82H66O9. The first-order chi connectivity index (χ1) is 44.2. The predicted molar refractivity (Wildman–Crippen MR) is 362 cm³/mol. The first kappa shape index (κ1) is 62.4. The number of hydrogen-bond acceptors (Lipinski definition) is 9. The fourth-order valence-electron chi connectivity index (χ4n) is 9.54. The molecule has 0 aliphatic rings. The van der Waals surface area contributed by atoms with Crippen molar-refractivity contribution in [3.05, 3.63) is 341 Å². The minimum absolute atomic E-state index is 0.0355. The minimum Gasteiger partial charge on any atom is -0.497 e. The van der Waals surface area contributed by atoms with E-state index < -0.39 is 0 Å². The summed E-state index contributed by atoms with van der Waals surface area (Å²) in [7, 11) is 1.60. The Morgan fingerprint density at radius 3 is 0.593 bits per heavy atom. The number of ketones is 4. The highest BCUT2D eigenvalue weighted by Gasteiger charge is 2.13. The molecular weight excluding hydrogens is 1130 g/mol. The highest BCUT2D eigenvalue weighted by Crippen LogP contribution is 2.31. The third-order valence-corrected chi connectivity index (χ3v) is 14.9. The van der Waals surface area contributed by atoms with Crippen LogP contribution in [-0.2, 0) is 0 Å². The number of ether oxygens (including phenoxy) is 5. The van der Waals surface area contributed by atoms with E-state index in [0.29, 0.717) is 45.1 Å². The minimum atomic E-state index is -0.0624. The van der Waals surface area contributed by atoms with Crippen LogP contribution < -0.4 is 23.7 Å². The first-order valence-corrected chi connectivity index (χ1v) is 29.7. The van der Waals surface area contributed by atoms with E-state index in [4.69, 9.17) is 23.7 Å². The standard InChI is InChI=1S/C34H26O4.C27H22O3.C21H18O2/c1-23-3-15-30(16-4-23)37-32-19-21-33(22-20-32)38-31-17-13-29(14-18-31)34(36)28-11-9-27(10-12-28)26-7-5-25(6-8-26)24(2)35;1-19-3-5-20(6-4-19)21-7-15-25(16-8-21)30-26-17-11-23(12-18-26)27(28)22-9-13-24(29-2)14-10-22;1-15-3-11-20(12-4-15)23-21-13-9-19(10-14-21)18-7-5-17(6-8-18)16(2)22/h3-22H,1-2H3;3-18H,1-2H3;3-14H,1-2H3. The van der Waals surface area contributed by atoms with Crippen molar-refractivity contribution in [2.75, 3.05) is 7.11 Å². The largest absolute Gasteiger partial charge is 0.497 e. The van der Waals surface area contributed by atoms with E-state index >= 15 is 0 Å². The van der Waals surface area contributed by atoms with Gasteiger partial charge in [0.1, 0.15) is 51.7 Å². The number of Topliss-reactive ketones (excluding diaryl/α,β-unsaturated/α-hetero) is 2. The Kier molecular flexibility index (Phi) is 20.4. The third kappa shape index (κ3) is 17.3. The summed E-state index contributed by atoms with van der Waals surface area (Å²) in [5.41, 5.74) is 13.9. The van der Waals surface area contributed by atoms with Gasteiger partial charge in [0.05, 0.1) is 7.11 Å². The fraction of sp³-hybridized carbons (Fsp3) is 0.0732. The summed E-state index contributed by atoms with van der Waals surface area (Å²) < 4.78 is 28.7. The number of hydrogen-bond donors (Lipinski definition) is 0. The van der Waals surface area contributed by atoms with Crippen molar-refractivity contribution in [2.24, 2.45) is 0 Å². The van der Waals surface area contributed by atoms with Gasteiger partial charge < -0.3 is 23.7 Å². The Balaban J connectivity index is 0.000000155. The molecule has 12 aromatic rings. The van der Waals surface area contributed by atoms with E-state index in [-0.39, 0.29) is 23.1 Å². The summed E-state index contributed by atoms with van der Waals surface area (Å²) in [4.78, 5) is 48.4. The van der Waals surface area contributed by atoms with Crippen molar-refractivity contribution >= 4 is 23.1 Å². The van der Waals surface area contributed by atoms with Crippen LogP contribution in [0, 0.1) is 20.8 Å². The zero-order valence-corrected chi connectivity index (χ0v) is 51.4. The Bertz CT molecular complexity index is 4370. The lowest BCUT2D eigenvalue weighted by molar-refractivity contribution is 0.100. The van der Waals surface area contributed by atoms with Gasteiger partial charge in [-0.15, -0.1) is 0 Å². The molecule has 0 amide bonds. The molecule has 0 N–H and O–H groups in total. The zero-order chi connectivity index (χ0) is 63.6. The van der Waals surface area contributed by atoms with Gasteiger partial charge in [-0.2, -0.15) is 0 Å². The van der Waals surface area contributed by atoms with Crippen LogP contribution in [-0.4, -0.2) is 30.2 Å². The molecule has 0 radical (unpaired) electrons. The van der Waals surface area contributed by atoms with Gasteiger partial charge in [-0.25, -0.2) is 0 Å². The highest BCUT2D eigenvalue weighted by molar-refractivity contribution is 6.10. The number of carbonyl (C=O) groups excluding carboxylic acids is 4. The molecule has 0 bridgehead atoms. The second kappa shape index (κ2) is 29.8. The molecule has 91 heavy (non-hydrogen) atoms. The van der Waals surface area contributed by atoms with Crippen LogP contribution >= 0.6 is 0 Å². The van der Waals surface area contributed by atoms with Crippen LogP contribution in [0.1, 0.15) is 83.1 Å². The molecule has 0 spiro atoms. The fourth-order valence-corrected chi connectivity index (χ4v) is 9.54. The molecule has 12 rings (SSSR count). The van der Waals surface area contributed by atoms with Gasteiger partial charge in [0.2, 0.25) is 0 Å². The molecule has 9 nitrogen and oxygen atoms in total. The maximum absolute atomic E-state index is 13.0. The van der Waals surface area contributed by atoms with Crippen LogP contribution in [0.25, 0.3) is 33.4 Å². The average molecular weight is 1200 g/mol. The summed E-state index contributed by atoms with van der Waals surface area (Å²) in [6.45, 7) is 9.29. The Labute approximate surface area is 531 Å². The van der Waals surface area contributed by atoms with Crippen LogP contribution in [0.15, 0.2) is 291 Å². The topological polar surface area (TPSA) is 114 Å². The van der Waals surface area contributed by atoms with E-state index in [1.54, 1.807) is 81.6 Å². The Morgan fingerprint density at radius 2 is 0.363 bits per heavy atom. The lowest BCUT2D eigenvalue weighted by Crippen LogP contribution is -2.01. The lowest BCUT2D eigenvalue weighted by Gasteiger charge is -2.09. The van der Waals surface area contributed by atoms with E-state index in [1.807, 2.05) is 213 Å². The molecule has 0 saturated heterocycles. The van der Waals surface area contributed by atoms with Crippen molar-refractivity contribution in [2.45, 2.75) is 34.6 Å². The van der Waals surface area contributed by atoms with Crippen molar-refractivity contribution in [1.82, 2.24) is 0 Å². The van der Waals surface area contributed by atoms with Crippen molar-refractivity contribution in [3.63, 3.8) is 0 Å². The van der Waals surface area contributed by atoms with E-state index in [9.17, 15) is 19.2 Å². The summed E-state index contributed by atoms with van der Waals surface area (Å²) in [6.07, 6.45) is 0. The number of rotatable bonds is 18. The van der Waals surface area contributed by atoms with Crippen molar-refractivity contribution in [1.29, 1.82) is 0 Å². The smallest absolute Gasteiger partial charge is 0.193 e. The maximum atomic E-state index is 13.0. The summed E-state index contributed by atoms with van der Waals surface area (Å²) >= 11 is 0. The number of methoxy groups -OCH3 is 1. The van der Waals surface area contributed by atoms with Crippen molar-refractivity contribution < 1.29 is 42.9 Å². The summed E-state index contributed by atoms with van der Waals surface area (Å²) in [5.74, 6) is 6.63. The third-order valence-electron chi connectivity index (χ3n) is 14.9. The Hall–Kier alpha value is -11.7. The summed E-state index contributed by atoms with van der Waals surface area (Å²) in [5, 5.41) is 0. The number of carbonyl (C=O) groups is 4. The highest BCUT2D eigenvalue weighted by atomic mass is 16.5. The van der Waals surface area contributed by atoms with Crippen LogP contribution in [0.5, 0.6) is 51.7 Å². The SMILES string of the molecule is CC(=O)c1ccc(-c2ccc(C(=O)c3ccc(Oc4ccc(Oc5ccc(C)cc5)cc4)cc3)cc2)cc1.CC(=O)c1ccc(-c2ccc(Oc3ccc(C)cc3)cc2)cc1.COc1ccc(C(=O)c2ccc(Oc3ccc(-c4ccc(C)cc4)cc3)cc2)cc1. The molecule has 0 aromatic heterocycles. The first-order valence-electron chi connectivity index (χ1n) is 29.7. The summed E-state index contributed by atoms with van der Waals surface area (Å²) in [6, 6.07) is 91.6. The van der Waals surface area contributed by atoms with Crippen LogP contribution in [0.2, 0.25) is 0 Å². The molecule has 0 unspecified atom stereocenters. The molecule has 448 valence electrons. The van der Waals surface area contributed by atoms with Gasteiger partial charge in [0, 0.05) is 33.4 Å². The van der Waals surface area contributed by atoms with Crippen LogP contribution in [0.4, 0.5) is 0 Å². The maximum Gasteiger partial charge on any atom is 0.193 e. The van der Waals surface area contributed by atoms with E-state index in [1.165, 1.54) is 22.3 Å². The number of aryl methyl sites for hydroxylation is 3. The van der Waals surface area contributed by atoms with Gasteiger partial charge in [0.25, 0.3) is 0 Å². The lowest BCUT2D eigenvalue weighted by atomic mass is 9.98. The second-order valence-electron chi connectivity index (χ2n) is 21.7. The van der Waals surface area contributed by atoms with Crippen LogP contribution in [0.3, 0.4) is 0 Å². The molecule has 12 aromatic carbocycles. The molecule has 0 saturated carbocycles. The van der Waals surface area contributed by atoms with Gasteiger partial charge in [0.15, 0.2) is 23.1 Å².